The molecule has 0 spiro atoms. The molecule has 0 saturated heterocycles. The molecule has 70 heavy (non-hydrogen) atoms. The number of nitro groups is 1. The van der Waals surface area contributed by atoms with E-state index in [1.54, 1.807) is 48.5 Å². The van der Waals surface area contributed by atoms with Gasteiger partial charge in [-0.05, 0) is 141 Å². The molecule has 29 heteroatoms. The normalized spacial score (nSPS) is 12.0. The van der Waals surface area contributed by atoms with Crippen molar-refractivity contribution in [3.8, 4) is 51.3 Å². The molecule has 0 atom stereocenters. The Morgan fingerprint density at radius 2 is 0.986 bits per heavy atom. The molecule has 0 aliphatic heterocycles. The van der Waals surface area contributed by atoms with Gasteiger partial charge in [0.15, 0.2) is 11.4 Å². The molecule has 8 aromatic rings. The quantitative estimate of drug-likeness (QED) is 0.0557. The summed E-state index contributed by atoms with van der Waals surface area (Å²) < 4.78 is 146. The molecular formula is C41H30IN9O15S4-2. The number of non-ortho nitro benzene ring substituents is 1. The Labute approximate surface area is 411 Å². The van der Waals surface area contributed by atoms with E-state index in [2.05, 4.69) is 43.0 Å². The largest absolute Gasteiger partial charge is 0.744 e. The molecule has 0 unspecified atom stereocenters. The van der Waals surface area contributed by atoms with Gasteiger partial charge in [0, 0.05) is 25.3 Å². The van der Waals surface area contributed by atoms with Gasteiger partial charge in [0.25, 0.3) is 5.69 Å². The number of methoxy groups -OCH3 is 1. The molecule has 0 saturated carbocycles. The molecule has 362 valence electrons. The van der Waals surface area contributed by atoms with Gasteiger partial charge in [-0.15, -0.1) is 0 Å². The first-order valence-electron chi connectivity index (χ1n) is 19.4. The number of hydrogen-bond donors (Lipinski definition) is 0. The van der Waals surface area contributed by atoms with Gasteiger partial charge >= 0.3 is 11.6 Å². The van der Waals surface area contributed by atoms with Gasteiger partial charge in [0.1, 0.15) is 51.8 Å². The second-order valence-electron chi connectivity index (χ2n) is 14.6. The van der Waals surface area contributed by atoms with E-state index in [0.717, 1.165) is 49.8 Å². The Kier molecular flexibility index (Phi) is 14.1. The van der Waals surface area contributed by atoms with E-state index in [-0.39, 0.29) is 39.9 Å². The third-order valence-corrected chi connectivity index (χ3v) is 13.9. The summed E-state index contributed by atoms with van der Waals surface area (Å²) in [6.45, 7) is 3.77. The van der Waals surface area contributed by atoms with Crippen LogP contribution in [0.4, 0.5) is 5.69 Å². The van der Waals surface area contributed by atoms with Crippen molar-refractivity contribution in [2.24, 2.45) is 0 Å². The van der Waals surface area contributed by atoms with Gasteiger partial charge < -0.3 is 22.9 Å². The van der Waals surface area contributed by atoms with Crippen LogP contribution < -0.4 is 14.3 Å². The topological polar surface area (TPSA) is 350 Å². The predicted octanol–water partition coefficient (Wildman–Crippen LogP) is 3.18. The van der Waals surface area contributed by atoms with Crippen LogP contribution in [0, 0.1) is 27.5 Å². The van der Waals surface area contributed by atoms with Crippen molar-refractivity contribution < 1.29 is 71.1 Å². The summed E-state index contributed by atoms with van der Waals surface area (Å²) in [5.74, 6) is -0.459. The number of halogens is 1. The zero-order chi connectivity index (χ0) is 51.1. The summed E-state index contributed by atoms with van der Waals surface area (Å²) in [4.78, 5) is 12.1. The average Bonchev–Trinajstić information content (AvgIpc) is 3.94. The standard InChI is InChI=1S/C21H17N5O9S2.C20H15IN4O6S2/c1-13-3-5-14(6-4-13)24-22-21(17-9-8-16(36(29,30)31)12-20(17)37(32,33)34)23-25(24)18-10-7-15(26(27)28)11-19(18)35-2;1-13-2-6-15(7-3-13)24-22-20(23-25(24)16-8-4-14(21)5-9-16)18-11-10-17(32(26,27)28)12-19(18)33(29,30)31/h3-12H,1-2H3,(H-,29,30,31,32,33,34);2-12H,1H3,(H-,26,27,28,29,30,31)/p-2. The van der Waals surface area contributed by atoms with Gasteiger partial charge in [0.05, 0.1) is 59.0 Å². The van der Waals surface area contributed by atoms with Gasteiger partial charge in [-0.25, -0.2) is 33.7 Å². The molecule has 24 nitrogen and oxygen atoms in total. The Balaban J connectivity index is 0.000000208. The van der Waals surface area contributed by atoms with Crippen LogP contribution in [-0.4, -0.2) is 93.9 Å². The van der Waals surface area contributed by atoms with Gasteiger partial charge in [-0.2, -0.15) is 0 Å². The molecule has 2 heterocycles. The number of aryl methyl sites for hydroxylation is 2. The highest BCUT2D eigenvalue weighted by molar-refractivity contribution is 14.1. The van der Waals surface area contributed by atoms with E-state index in [1.165, 1.54) is 33.6 Å². The van der Waals surface area contributed by atoms with Gasteiger partial charge in [0.2, 0.25) is 5.69 Å². The average molecular weight is 1140 g/mol. The van der Waals surface area contributed by atoms with Crippen molar-refractivity contribution in [1.82, 2.24) is 30.0 Å². The molecule has 2 aromatic heterocycles. The van der Waals surface area contributed by atoms with Crippen molar-refractivity contribution in [2.75, 3.05) is 7.11 Å². The van der Waals surface area contributed by atoms with Crippen LogP contribution in [-0.2, 0) is 40.5 Å². The lowest BCUT2D eigenvalue weighted by Gasteiger charge is -2.13. The third kappa shape index (κ3) is 11.2. The Morgan fingerprint density at radius 3 is 1.41 bits per heavy atom. The highest BCUT2D eigenvalue weighted by Crippen LogP contribution is 2.30. The number of ether oxygens (including phenoxy) is 1. The minimum absolute atomic E-state index is 0.0241. The maximum atomic E-state index is 12.0. The smallest absolute Gasteiger partial charge is 0.341 e. The number of aromatic nitrogens is 8. The summed E-state index contributed by atoms with van der Waals surface area (Å²) in [5, 5.41) is 28.6. The fourth-order valence-electron chi connectivity index (χ4n) is 6.42. The highest BCUT2D eigenvalue weighted by atomic mass is 127. The first kappa shape index (κ1) is 50.9. The monoisotopic (exact) mass is 1140 g/mol. The van der Waals surface area contributed by atoms with Crippen LogP contribution in [0.1, 0.15) is 11.1 Å². The van der Waals surface area contributed by atoms with Crippen LogP contribution in [0.3, 0.4) is 0 Å². The van der Waals surface area contributed by atoms with Crippen LogP contribution in [0.15, 0.2) is 147 Å². The lowest BCUT2D eigenvalue weighted by molar-refractivity contribution is -0.734. The molecule has 8 rings (SSSR count). The SMILES string of the molecule is COc1cc([N+](=O)[O-])ccc1-[n+]1nc(-c2ccc(S(=O)(=O)[O-])cc2S(=O)(=O)[O-])nn1-c1ccc(C)cc1.Cc1ccc(-[n+]2nc(-c3ccc(S(=O)(=O)[O-])cc3S(=O)(=O)[O-])nn2-c2ccc(I)cc2)cc1. The van der Waals surface area contributed by atoms with Crippen LogP contribution in [0.5, 0.6) is 5.75 Å². The molecule has 0 N–H and O–H groups in total. The molecule has 0 amide bonds. The van der Waals surface area contributed by atoms with E-state index in [0.29, 0.717) is 29.2 Å². The minimum Gasteiger partial charge on any atom is -0.744 e. The lowest BCUT2D eigenvalue weighted by Crippen LogP contribution is -2.43. The maximum Gasteiger partial charge on any atom is 0.341 e. The van der Waals surface area contributed by atoms with E-state index in [9.17, 15) is 62.0 Å². The number of benzene rings is 6. The number of nitrogens with zero attached hydrogens (tertiary/aromatic N) is 9. The van der Waals surface area contributed by atoms with E-state index < -0.39 is 65.0 Å². The van der Waals surface area contributed by atoms with Crippen molar-refractivity contribution in [3.05, 3.63) is 152 Å². The molecular weight excluding hydrogens is 1110 g/mol. The first-order chi connectivity index (χ1) is 32.7. The second-order valence-corrected chi connectivity index (χ2v) is 21.3. The maximum absolute atomic E-state index is 12.0. The summed E-state index contributed by atoms with van der Waals surface area (Å²) in [6.07, 6.45) is 0. The van der Waals surface area contributed by atoms with Gasteiger partial charge in [-0.1, -0.05) is 35.4 Å². The van der Waals surface area contributed by atoms with E-state index in [4.69, 9.17) is 4.74 Å². The molecule has 0 fully saturated rings. The van der Waals surface area contributed by atoms with E-state index >= 15 is 0 Å². The Bertz CT molecular complexity index is 3750. The Hall–Kier alpha value is -6.97. The fourth-order valence-corrected chi connectivity index (χ4v) is 9.32. The summed E-state index contributed by atoms with van der Waals surface area (Å²) in [6, 6.07) is 29.8. The molecule has 6 aromatic carbocycles. The lowest BCUT2D eigenvalue weighted by atomic mass is 10.2. The third-order valence-electron chi connectivity index (χ3n) is 9.80. The molecule has 0 bridgehead atoms. The van der Waals surface area contributed by atoms with Crippen molar-refractivity contribution in [1.29, 1.82) is 0 Å². The molecule has 0 radical (unpaired) electrons. The highest BCUT2D eigenvalue weighted by Gasteiger charge is 2.31. The zero-order valence-corrected chi connectivity index (χ0v) is 41.2. The number of hydrogen-bond acceptors (Lipinski definition) is 19. The number of nitro benzene ring substituents is 1. The predicted molar refractivity (Wildman–Crippen MR) is 244 cm³/mol. The van der Waals surface area contributed by atoms with Gasteiger partial charge in [-0.3, -0.25) is 10.1 Å². The summed E-state index contributed by atoms with van der Waals surface area (Å²) in [7, 11) is -19.2. The van der Waals surface area contributed by atoms with Crippen LogP contribution >= 0.6 is 22.6 Å². The number of tetrazole rings is 2. The minimum atomic E-state index is -5.28. The van der Waals surface area contributed by atoms with Crippen molar-refractivity contribution >= 4 is 68.8 Å². The molecule has 0 aliphatic rings. The van der Waals surface area contributed by atoms with Crippen LogP contribution in [0.2, 0.25) is 0 Å². The van der Waals surface area contributed by atoms with E-state index in [1.807, 2.05) is 38.1 Å². The Morgan fingerprint density at radius 1 is 0.557 bits per heavy atom. The first-order valence-corrected chi connectivity index (χ1v) is 26.1. The summed E-state index contributed by atoms with van der Waals surface area (Å²) >= 11 is 2.15. The molecule has 0 aliphatic carbocycles. The van der Waals surface area contributed by atoms with Crippen molar-refractivity contribution in [2.45, 2.75) is 33.4 Å². The second kappa shape index (κ2) is 19.4. The zero-order valence-electron chi connectivity index (χ0n) is 35.8. The van der Waals surface area contributed by atoms with Crippen LogP contribution in [0.25, 0.3) is 45.5 Å². The fraction of sp³-hybridized carbons (Fsp3) is 0.0732. The summed E-state index contributed by atoms with van der Waals surface area (Å²) in [5.41, 5.74) is 2.84. The van der Waals surface area contributed by atoms with Crippen molar-refractivity contribution in [3.63, 3.8) is 0 Å². The number of rotatable bonds is 12.